The highest BCUT2D eigenvalue weighted by Crippen LogP contribution is 2.33. The maximum atomic E-state index is 5.42. The number of aromatic nitrogens is 1. The normalized spacial score (nSPS) is 10.1. The standard InChI is InChI=1S/C14H15N2OP/c1-4-5-16-14-9(2)6-12(18)10(3)13(14)11-7-15-8-17-11/h1,6-8,16H,5,18H2,2-3H3. The smallest absolute Gasteiger partial charge is 0.181 e. The zero-order valence-corrected chi connectivity index (χ0v) is 11.6. The van der Waals surface area contributed by atoms with Crippen molar-refractivity contribution in [2.45, 2.75) is 13.8 Å². The van der Waals surface area contributed by atoms with E-state index in [2.05, 4.69) is 38.5 Å². The lowest BCUT2D eigenvalue weighted by Gasteiger charge is -2.16. The Balaban J connectivity index is 2.64. The van der Waals surface area contributed by atoms with E-state index in [0.717, 1.165) is 33.4 Å². The van der Waals surface area contributed by atoms with Crippen molar-refractivity contribution >= 4 is 20.2 Å². The number of benzene rings is 1. The van der Waals surface area contributed by atoms with Crippen molar-refractivity contribution in [1.82, 2.24) is 4.98 Å². The molecule has 0 spiro atoms. The van der Waals surface area contributed by atoms with Crippen LogP contribution in [0, 0.1) is 26.2 Å². The van der Waals surface area contributed by atoms with Crippen LogP contribution in [-0.4, -0.2) is 11.5 Å². The topological polar surface area (TPSA) is 38.1 Å². The van der Waals surface area contributed by atoms with Crippen molar-refractivity contribution in [2.24, 2.45) is 0 Å². The Morgan fingerprint density at radius 1 is 1.50 bits per heavy atom. The number of oxazole rings is 1. The fourth-order valence-corrected chi connectivity index (χ4v) is 2.35. The van der Waals surface area contributed by atoms with Gasteiger partial charge in [0.2, 0.25) is 0 Å². The molecule has 0 aliphatic heterocycles. The number of terminal acetylenes is 1. The SMILES string of the molecule is C#CCNc1c(C)cc(P)c(C)c1-c1cnco1. The van der Waals surface area contributed by atoms with Crippen molar-refractivity contribution in [1.29, 1.82) is 0 Å². The molecular formula is C14H15N2OP. The molecule has 18 heavy (non-hydrogen) atoms. The predicted octanol–water partition coefficient (Wildman–Crippen LogP) is 2.50. The van der Waals surface area contributed by atoms with Crippen LogP contribution in [0.15, 0.2) is 23.1 Å². The highest BCUT2D eigenvalue weighted by atomic mass is 31.0. The van der Waals surface area contributed by atoms with Crippen LogP contribution in [0.2, 0.25) is 0 Å². The lowest BCUT2D eigenvalue weighted by atomic mass is 10.00. The molecule has 0 bridgehead atoms. The molecule has 3 nitrogen and oxygen atoms in total. The maximum absolute atomic E-state index is 5.42. The molecule has 1 unspecified atom stereocenters. The second-order valence-electron chi connectivity index (χ2n) is 4.08. The van der Waals surface area contributed by atoms with Crippen LogP contribution in [0.25, 0.3) is 11.3 Å². The molecule has 2 aromatic rings. The van der Waals surface area contributed by atoms with Crippen LogP contribution in [0.1, 0.15) is 11.1 Å². The molecule has 0 amide bonds. The highest BCUT2D eigenvalue weighted by molar-refractivity contribution is 7.27. The third-order valence-electron chi connectivity index (χ3n) is 2.87. The first-order chi connectivity index (χ1) is 8.65. The number of anilines is 1. The molecule has 4 heteroatoms. The molecule has 0 fully saturated rings. The van der Waals surface area contributed by atoms with Crippen molar-refractivity contribution in [3.05, 3.63) is 29.8 Å². The molecule has 0 aliphatic rings. The lowest BCUT2D eigenvalue weighted by molar-refractivity contribution is 0.572. The summed E-state index contributed by atoms with van der Waals surface area (Å²) < 4.78 is 5.42. The summed E-state index contributed by atoms with van der Waals surface area (Å²) in [5, 5.41) is 4.40. The van der Waals surface area contributed by atoms with Gasteiger partial charge in [-0.25, -0.2) is 4.98 Å². The summed E-state index contributed by atoms with van der Waals surface area (Å²) in [6, 6.07) is 2.11. The zero-order chi connectivity index (χ0) is 13.1. The van der Waals surface area contributed by atoms with E-state index in [9.17, 15) is 0 Å². The summed E-state index contributed by atoms with van der Waals surface area (Å²) >= 11 is 0. The Hall–Kier alpha value is -1.78. The second kappa shape index (κ2) is 5.25. The van der Waals surface area contributed by atoms with E-state index >= 15 is 0 Å². The Morgan fingerprint density at radius 3 is 2.89 bits per heavy atom. The monoisotopic (exact) mass is 258 g/mol. The van der Waals surface area contributed by atoms with Gasteiger partial charge in [-0.1, -0.05) is 5.92 Å². The molecule has 1 aromatic carbocycles. The van der Waals surface area contributed by atoms with Gasteiger partial charge in [-0.2, -0.15) is 0 Å². The van der Waals surface area contributed by atoms with Gasteiger partial charge in [0.1, 0.15) is 0 Å². The Kier molecular flexibility index (Phi) is 3.69. The quantitative estimate of drug-likeness (QED) is 0.679. The molecule has 92 valence electrons. The van der Waals surface area contributed by atoms with Crippen LogP contribution in [0.5, 0.6) is 0 Å². The summed E-state index contributed by atoms with van der Waals surface area (Å²) in [6.45, 7) is 4.59. The van der Waals surface area contributed by atoms with Gasteiger partial charge in [0.15, 0.2) is 12.2 Å². The van der Waals surface area contributed by atoms with E-state index in [1.165, 1.54) is 6.39 Å². The third kappa shape index (κ3) is 2.25. The van der Waals surface area contributed by atoms with Crippen molar-refractivity contribution < 1.29 is 4.42 Å². The van der Waals surface area contributed by atoms with E-state index in [-0.39, 0.29) is 0 Å². The first-order valence-electron chi connectivity index (χ1n) is 5.61. The number of aryl methyl sites for hydroxylation is 1. The van der Waals surface area contributed by atoms with Crippen molar-refractivity contribution in [3.63, 3.8) is 0 Å². The van der Waals surface area contributed by atoms with Crippen LogP contribution >= 0.6 is 9.24 Å². The Labute approximate surface area is 109 Å². The molecule has 1 heterocycles. The van der Waals surface area contributed by atoms with E-state index < -0.39 is 0 Å². The van der Waals surface area contributed by atoms with Gasteiger partial charge in [0.05, 0.1) is 12.7 Å². The fraction of sp³-hybridized carbons (Fsp3) is 0.214. The Bertz CT molecular complexity index is 597. The van der Waals surface area contributed by atoms with E-state index in [1.54, 1.807) is 6.20 Å². The average Bonchev–Trinajstić information content (AvgIpc) is 2.85. The predicted molar refractivity (Wildman–Crippen MR) is 78.1 cm³/mol. The molecule has 1 aromatic heterocycles. The zero-order valence-electron chi connectivity index (χ0n) is 10.4. The van der Waals surface area contributed by atoms with Gasteiger partial charge >= 0.3 is 0 Å². The van der Waals surface area contributed by atoms with Gasteiger partial charge in [-0.3, -0.25) is 0 Å². The average molecular weight is 258 g/mol. The van der Waals surface area contributed by atoms with Crippen molar-refractivity contribution in [3.8, 4) is 23.7 Å². The summed E-state index contributed by atoms with van der Waals surface area (Å²) in [5.41, 5.74) is 4.30. The largest absolute Gasteiger partial charge is 0.443 e. The maximum Gasteiger partial charge on any atom is 0.181 e. The number of nitrogens with zero attached hydrogens (tertiary/aromatic N) is 1. The Morgan fingerprint density at radius 2 is 2.28 bits per heavy atom. The van der Waals surface area contributed by atoms with Crippen LogP contribution in [0.3, 0.4) is 0 Å². The summed E-state index contributed by atoms with van der Waals surface area (Å²) in [5.74, 6) is 3.34. The van der Waals surface area contributed by atoms with Gasteiger partial charge in [-0.15, -0.1) is 15.7 Å². The van der Waals surface area contributed by atoms with Crippen LogP contribution in [0.4, 0.5) is 5.69 Å². The van der Waals surface area contributed by atoms with Gasteiger partial charge in [0.25, 0.3) is 0 Å². The first-order valence-corrected chi connectivity index (χ1v) is 6.18. The number of hydrogen-bond donors (Lipinski definition) is 1. The summed E-state index contributed by atoms with van der Waals surface area (Å²) in [7, 11) is 2.74. The summed E-state index contributed by atoms with van der Waals surface area (Å²) in [4.78, 5) is 3.98. The number of rotatable bonds is 3. The van der Waals surface area contributed by atoms with Crippen LogP contribution in [-0.2, 0) is 0 Å². The van der Waals surface area contributed by atoms with Gasteiger partial charge in [0, 0.05) is 11.3 Å². The molecule has 1 N–H and O–H groups in total. The molecule has 0 saturated heterocycles. The van der Waals surface area contributed by atoms with E-state index in [0.29, 0.717) is 6.54 Å². The number of nitrogens with one attached hydrogen (secondary N) is 1. The fourth-order valence-electron chi connectivity index (χ4n) is 1.96. The highest BCUT2D eigenvalue weighted by Gasteiger charge is 2.15. The van der Waals surface area contributed by atoms with E-state index in [4.69, 9.17) is 10.8 Å². The first kappa shape index (κ1) is 12.7. The van der Waals surface area contributed by atoms with Crippen LogP contribution < -0.4 is 10.6 Å². The van der Waals surface area contributed by atoms with E-state index in [1.807, 2.05) is 6.92 Å². The molecule has 0 saturated carbocycles. The second-order valence-corrected chi connectivity index (χ2v) is 4.70. The lowest BCUT2D eigenvalue weighted by Crippen LogP contribution is -2.09. The van der Waals surface area contributed by atoms with Gasteiger partial charge < -0.3 is 9.73 Å². The molecule has 1 atom stereocenters. The molecule has 0 aliphatic carbocycles. The minimum Gasteiger partial charge on any atom is -0.443 e. The summed E-state index contributed by atoms with van der Waals surface area (Å²) in [6.07, 6.45) is 8.46. The number of hydrogen-bond acceptors (Lipinski definition) is 3. The minimum atomic E-state index is 0.484. The van der Waals surface area contributed by atoms with Crippen molar-refractivity contribution in [2.75, 3.05) is 11.9 Å². The molecule has 2 rings (SSSR count). The van der Waals surface area contributed by atoms with Gasteiger partial charge in [-0.05, 0) is 36.3 Å². The molecular weight excluding hydrogens is 243 g/mol. The minimum absolute atomic E-state index is 0.484. The third-order valence-corrected chi connectivity index (χ3v) is 3.47. The molecule has 0 radical (unpaired) electrons.